The summed E-state index contributed by atoms with van der Waals surface area (Å²) in [5.41, 5.74) is 1.70. The highest BCUT2D eigenvalue weighted by Gasteiger charge is 2.15. The molecule has 0 spiro atoms. The number of aromatic nitrogens is 2. The zero-order valence-electron chi connectivity index (χ0n) is 14.8. The van der Waals surface area contributed by atoms with E-state index in [0.717, 1.165) is 0 Å². The van der Waals surface area contributed by atoms with E-state index in [1.807, 2.05) is 0 Å². The molecule has 0 unspecified atom stereocenters. The number of amides is 1. The van der Waals surface area contributed by atoms with Crippen molar-refractivity contribution in [2.45, 2.75) is 0 Å². The minimum atomic E-state index is -0.653. The third kappa shape index (κ3) is 4.30. The van der Waals surface area contributed by atoms with Gasteiger partial charge in [-0.2, -0.15) is 0 Å². The van der Waals surface area contributed by atoms with Gasteiger partial charge in [-0.05, 0) is 12.1 Å². The fourth-order valence-corrected chi connectivity index (χ4v) is 2.44. The molecule has 3 rings (SSSR count). The summed E-state index contributed by atoms with van der Waals surface area (Å²) in [5.74, 6) is -0.101. The Bertz CT molecular complexity index is 962. The van der Waals surface area contributed by atoms with Crippen LogP contribution in [-0.4, -0.2) is 42.7 Å². The van der Waals surface area contributed by atoms with Crippen molar-refractivity contribution in [1.82, 2.24) is 9.97 Å². The molecule has 1 N–H and O–H groups in total. The molecule has 8 nitrogen and oxygen atoms in total. The van der Waals surface area contributed by atoms with Crippen LogP contribution in [0, 0.1) is 0 Å². The number of carbonyl (C=O) groups excluding carboxylic acids is 2. The van der Waals surface area contributed by atoms with Gasteiger partial charge in [0.25, 0.3) is 5.91 Å². The molecule has 0 fully saturated rings. The van der Waals surface area contributed by atoms with Gasteiger partial charge in [0.15, 0.2) is 6.61 Å². The maximum absolute atomic E-state index is 12.3. The SMILES string of the molecule is COc1cc(NC(=O)COC(=O)c2cccc3nccnc23)cc(OC)c1. The fourth-order valence-electron chi connectivity index (χ4n) is 2.44. The van der Waals surface area contributed by atoms with E-state index in [0.29, 0.717) is 28.2 Å². The van der Waals surface area contributed by atoms with Gasteiger partial charge in [-0.1, -0.05) is 6.07 Å². The lowest BCUT2D eigenvalue weighted by atomic mass is 10.2. The van der Waals surface area contributed by atoms with Crippen molar-refractivity contribution in [3.63, 3.8) is 0 Å². The number of esters is 1. The van der Waals surface area contributed by atoms with E-state index in [-0.39, 0.29) is 5.56 Å². The van der Waals surface area contributed by atoms with Crippen LogP contribution in [0.1, 0.15) is 10.4 Å². The number of methoxy groups -OCH3 is 2. The second-order valence-corrected chi connectivity index (χ2v) is 5.46. The van der Waals surface area contributed by atoms with Crippen molar-refractivity contribution >= 4 is 28.6 Å². The number of nitrogens with zero attached hydrogens (tertiary/aromatic N) is 2. The molecule has 1 amide bonds. The first-order valence-electron chi connectivity index (χ1n) is 8.00. The highest BCUT2D eigenvalue weighted by atomic mass is 16.5. The van der Waals surface area contributed by atoms with Crippen LogP contribution < -0.4 is 14.8 Å². The molecule has 2 aromatic carbocycles. The van der Waals surface area contributed by atoms with Crippen LogP contribution in [0.4, 0.5) is 5.69 Å². The number of carbonyl (C=O) groups is 2. The smallest absolute Gasteiger partial charge is 0.340 e. The average Bonchev–Trinajstić information content (AvgIpc) is 2.71. The normalized spacial score (nSPS) is 10.3. The van der Waals surface area contributed by atoms with E-state index in [1.165, 1.54) is 26.6 Å². The Morgan fingerprint density at radius 3 is 2.41 bits per heavy atom. The Kier molecular flexibility index (Phi) is 5.46. The van der Waals surface area contributed by atoms with Gasteiger partial charge < -0.3 is 19.5 Å². The zero-order chi connectivity index (χ0) is 19.2. The van der Waals surface area contributed by atoms with Crippen molar-refractivity contribution in [3.8, 4) is 11.5 Å². The number of ether oxygens (including phenoxy) is 3. The van der Waals surface area contributed by atoms with Crippen molar-refractivity contribution in [2.75, 3.05) is 26.1 Å². The van der Waals surface area contributed by atoms with Crippen molar-refractivity contribution in [1.29, 1.82) is 0 Å². The lowest BCUT2D eigenvalue weighted by molar-refractivity contribution is -0.119. The second-order valence-electron chi connectivity index (χ2n) is 5.46. The van der Waals surface area contributed by atoms with Crippen LogP contribution in [0.15, 0.2) is 48.8 Å². The Morgan fingerprint density at radius 2 is 1.70 bits per heavy atom. The zero-order valence-corrected chi connectivity index (χ0v) is 14.8. The molecule has 0 bridgehead atoms. The molecule has 0 aliphatic carbocycles. The fraction of sp³-hybridized carbons (Fsp3) is 0.158. The Hall–Kier alpha value is -3.68. The molecule has 138 valence electrons. The summed E-state index contributed by atoms with van der Waals surface area (Å²) >= 11 is 0. The number of hydrogen-bond acceptors (Lipinski definition) is 7. The van der Waals surface area contributed by atoms with Gasteiger partial charge in [0, 0.05) is 36.3 Å². The first-order valence-corrected chi connectivity index (χ1v) is 8.00. The van der Waals surface area contributed by atoms with Gasteiger partial charge in [0.2, 0.25) is 0 Å². The van der Waals surface area contributed by atoms with Crippen LogP contribution >= 0.6 is 0 Å². The van der Waals surface area contributed by atoms with E-state index < -0.39 is 18.5 Å². The summed E-state index contributed by atoms with van der Waals surface area (Å²) in [6.45, 7) is -0.449. The number of nitrogens with one attached hydrogen (secondary N) is 1. The molecule has 0 aliphatic heterocycles. The van der Waals surface area contributed by atoms with E-state index >= 15 is 0 Å². The largest absolute Gasteiger partial charge is 0.497 e. The van der Waals surface area contributed by atoms with Gasteiger partial charge in [-0.25, -0.2) is 4.79 Å². The topological polar surface area (TPSA) is 99.6 Å². The van der Waals surface area contributed by atoms with E-state index in [9.17, 15) is 9.59 Å². The van der Waals surface area contributed by atoms with Crippen molar-refractivity contribution in [2.24, 2.45) is 0 Å². The first-order chi connectivity index (χ1) is 13.1. The van der Waals surface area contributed by atoms with E-state index in [2.05, 4.69) is 15.3 Å². The third-order valence-electron chi connectivity index (χ3n) is 3.69. The second kappa shape index (κ2) is 8.13. The monoisotopic (exact) mass is 367 g/mol. The summed E-state index contributed by atoms with van der Waals surface area (Å²) < 4.78 is 15.4. The van der Waals surface area contributed by atoms with Crippen LogP contribution in [0.2, 0.25) is 0 Å². The lowest BCUT2D eigenvalue weighted by Gasteiger charge is -2.10. The predicted octanol–water partition coefficient (Wildman–Crippen LogP) is 2.44. The van der Waals surface area contributed by atoms with Gasteiger partial charge in [0.1, 0.15) is 17.0 Å². The van der Waals surface area contributed by atoms with Crippen LogP contribution in [0.5, 0.6) is 11.5 Å². The Labute approximate surface area is 155 Å². The Balaban J connectivity index is 1.66. The summed E-state index contributed by atoms with van der Waals surface area (Å²) in [5, 5.41) is 2.63. The molecule has 0 atom stereocenters. The molecule has 1 heterocycles. The van der Waals surface area contributed by atoms with Crippen LogP contribution in [0.3, 0.4) is 0 Å². The summed E-state index contributed by atoms with van der Waals surface area (Å²) in [7, 11) is 3.02. The number of fused-ring (bicyclic) bond motifs is 1. The Morgan fingerprint density at radius 1 is 1.00 bits per heavy atom. The van der Waals surface area contributed by atoms with Crippen LogP contribution in [0.25, 0.3) is 11.0 Å². The minimum absolute atomic E-state index is 0.247. The molecule has 27 heavy (non-hydrogen) atoms. The molecule has 3 aromatic rings. The summed E-state index contributed by atoms with van der Waals surface area (Å²) in [4.78, 5) is 32.7. The minimum Gasteiger partial charge on any atom is -0.497 e. The highest BCUT2D eigenvalue weighted by Crippen LogP contribution is 2.25. The average molecular weight is 367 g/mol. The number of hydrogen-bond donors (Lipinski definition) is 1. The molecular weight excluding hydrogens is 350 g/mol. The number of para-hydroxylation sites is 1. The first kappa shape index (κ1) is 18.1. The number of benzene rings is 2. The van der Waals surface area contributed by atoms with E-state index in [4.69, 9.17) is 14.2 Å². The third-order valence-corrected chi connectivity index (χ3v) is 3.69. The quantitative estimate of drug-likeness (QED) is 0.668. The molecule has 8 heteroatoms. The standard InChI is InChI=1S/C19H17N3O5/c1-25-13-8-12(9-14(10-13)26-2)22-17(23)11-27-19(24)15-4-3-5-16-18(15)21-7-6-20-16/h3-10H,11H2,1-2H3,(H,22,23). The maximum atomic E-state index is 12.3. The molecule has 0 saturated heterocycles. The van der Waals surface area contributed by atoms with Gasteiger partial charge in [-0.3, -0.25) is 14.8 Å². The number of anilines is 1. The lowest BCUT2D eigenvalue weighted by Crippen LogP contribution is -2.21. The van der Waals surface area contributed by atoms with Gasteiger partial charge >= 0.3 is 5.97 Å². The van der Waals surface area contributed by atoms with E-state index in [1.54, 1.807) is 36.4 Å². The predicted molar refractivity (Wildman–Crippen MR) is 98.0 cm³/mol. The van der Waals surface area contributed by atoms with Crippen molar-refractivity contribution < 1.29 is 23.8 Å². The molecule has 0 aliphatic rings. The molecular formula is C19H17N3O5. The summed E-state index contributed by atoms with van der Waals surface area (Å²) in [6.07, 6.45) is 3.02. The molecule has 0 radical (unpaired) electrons. The summed E-state index contributed by atoms with van der Waals surface area (Å²) in [6, 6.07) is 9.92. The van der Waals surface area contributed by atoms with Crippen molar-refractivity contribution in [3.05, 3.63) is 54.4 Å². The molecule has 0 saturated carbocycles. The highest BCUT2D eigenvalue weighted by molar-refractivity contribution is 6.02. The molecule has 1 aromatic heterocycles. The van der Waals surface area contributed by atoms with Gasteiger partial charge in [0.05, 0.1) is 25.3 Å². The van der Waals surface area contributed by atoms with Crippen LogP contribution in [-0.2, 0) is 9.53 Å². The number of rotatable bonds is 6. The maximum Gasteiger partial charge on any atom is 0.340 e. The van der Waals surface area contributed by atoms with Gasteiger partial charge in [-0.15, -0.1) is 0 Å².